The standard InChI is InChI=1S/C11H13N5S/c1-7-5-8(2)16-11(15-7)17-10-9(6-12)13-3-4-14-10/h3-5H,6,12H2,1-2H3. The lowest BCUT2D eigenvalue weighted by Gasteiger charge is -2.05. The average molecular weight is 247 g/mol. The molecule has 0 aromatic carbocycles. The summed E-state index contributed by atoms with van der Waals surface area (Å²) in [5.41, 5.74) is 8.26. The highest BCUT2D eigenvalue weighted by Gasteiger charge is 2.08. The first-order chi connectivity index (χ1) is 8.19. The van der Waals surface area contributed by atoms with Crippen molar-refractivity contribution in [3.8, 4) is 0 Å². The van der Waals surface area contributed by atoms with Crippen LogP contribution in [0.4, 0.5) is 0 Å². The summed E-state index contributed by atoms with van der Waals surface area (Å²) in [7, 11) is 0. The molecule has 2 N–H and O–H groups in total. The lowest BCUT2D eigenvalue weighted by Crippen LogP contribution is -2.03. The van der Waals surface area contributed by atoms with Crippen LogP contribution in [0.15, 0.2) is 28.6 Å². The van der Waals surface area contributed by atoms with Gasteiger partial charge < -0.3 is 5.73 Å². The number of nitrogens with two attached hydrogens (primary N) is 1. The molecule has 0 amide bonds. The SMILES string of the molecule is Cc1cc(C)nc(Sc2nccnc2CN)n1. The molecule has 0 aliphatic rings. The van der Waals surface area contributed by atoms with Crippen LogP contribution in [0, 0.1) is 13.8 Å². The molecule has 0 unspecified atom stereocenters. The Morgan fingerprint density at radius 1 is 1.12 bits per heavy atom. The molecule has 0 bridgehead atoms. The van der Waals surface area contributed by atoms with E-state index in [0.717, 1.165) is 22.1 Å². The summed E-state index contributed by atoms with van der Waals surface area (Å²) in [5.74, 6) is 0. The third-order valence-electron chi connectivity index (χ3n) is 2.08. The van der Waals surface area contributed by atoms with Crippen molar-refractivity contribution in [1.82, 2.24) is 19.9 Å². The first-order valence-corrected chi connectivity index (χ1v) is 6.01. The highest BCUT2D eigenvalue weighted by Crippen LogP contribution is 2.24. The maximum Gasteiger partial charge on any atom is 0.194 e. The van der Waals surface area contributed by atoms with Gasteiger partial charge in [-0.15, -0.1) is 0 Å². The maximum atomic E-state index is 5.61. The van der Waals surface area contributed by atoms with Gasteiger partial charge in [-0.3, -0.25) is 4.98 Å². The summed E-state index contributed by atoms with van der Waals surface area (Å²) in [6, 6.07) is 1.94. The molecule has 0 saturated carbocycles. The van der Waals surface area contributed by atoms with Gasteiger partial charge in [-0.25, -0.2) is 15.0 Å². The summed E-state index contributed by atoms with van der Waals surface area (Å²) in [6.45, 7) is 4.25. The molecule has 88 valence electrons. The van der Waals surface area contributed by atoms with E-state index in [9.17, 15) is 0 Å². The second-order valence-corrected chi connectivity index (χ2v) is 4.50. The Hall–Kier alpha value is -1.53. The lowest BCUT2D eigenvalue weighted by atomic mass is 10.4. The van der Waals surface area contributed by atoms with Crippen molar-refractivity contribution < 1.29 is 0 Å². The molecular formula is C11H13N5S. The van der Waals surface area contributed by atoms with Crippen molar-refractivity contribution >= 4 is 11.8 Å². The summed E-state index contributed by atoms with van der Waals surface area (Å²) in [5, 5.41) is 1.44. The van der Waals surface area contributed by atoms with E-state index in [4.69, 9.17) is 5.73 Å². The van der Waals surface area contributed by atoms with Gasteiger partial charge in [0.25, 0.3) is 0 Å². The molecule has 0 atom stereocenters. The third-order valence-corrected chi connectivity index (χ3v) is 2.98. The molecule has 5 nitrogen and oxygen atoms in total. The minimum atomic E-state index is 0.362. The molecule has 2 rings (SSSR count). The van der Waals surface area contributed by atoms with Gasteiger partial charge in [0, 0.05) is 30.3 Å². The quantitative estimate of drug-likeness (QED) is 0.828. The number of nitrogens with zero attached hydrogens (tertiary/aromatic N) is 4. The van der Waals surface area contributed by atoms with Crippen molar-refractivity contribution in [2.45, 2.75) is 30.6 Å². The van der Waals surface area contributed by atoms with E-state index in [1.54, 1.807) is 12.4 Å². The van der Waals surface area contributed by atoms with E-state index in [2.05, 4.69) is 19.9 Å². The second-order valence-electron chi connectivity index (χ2n) is 3.55. The number of hydrogen-bond donors (Lipinski definition) is 1. The maximum absolute atomic E-state index is 5.61. The van der Waals surface area contributed by atoms with Gasteiger partial charge in [-0.05, 0) is 31.7 Å². The summed E-state index contributed by atoms with van der Waals surface area (Å²) < 4.78 is 0. The molecule has 2 heterocycles. The zero-order valence-electron chi connectivity index (χ0n) is 9.71. The van der Waals surface area contributed by atoms with Crippen molar-refractivity contribution in [1.29, 1.82) is 0 Å². The number of hydrogen-bond acceptors (Lipinski definition) is 6. The van der Waals surface area contributed by atoms with Gasteiger partial charge in [-0.1, -0.05) is 0 Å². The third kappa shape index (κ3) is 2.98. The average Bonchev–Trinajstić information content (AvgIpc) is 2.28. The van der Waals surface area contributed by atoms with Crippen LogP contribution in [0.2, 0.25) is 0 Å². The Morgan fingerprint density at radius 2 is 1.76 bits per heavy atom. The summed E-state index contributed by atoms with van der Waals surface area (Å²) >= 11 is 1.39. The molecule has 17 heavy (non-hydrogen) atoms. The van der Waals surface area contributed by atoms with Crippen LogP contribution in [0.5, 0.6) is 0 Å². The van der Waals surface area contributed by atoms with Crippen molar-refractivity contribution in [3.63, 3.8) is 0 Å². The van der Waals surface area contributed by atoms with Gasteiger partial charge in [0.1, 0.15) is 5.03 Å². The van der Waals surface area contributed by atoms with E-state index in [-0.39, 0.29) is 0 Å². The fraction of sp³-hybridized carbons (Fsp3) is 0.273. The highest BCUT2D eigenvalue weighted by molar-refractivity contribution is 7.99. The van der Waals surface area contributed by atoms with Crippen molar-refractivity contribution in [3.05, 3.63) is 35.5 Å². The van der Waals surface area contributed by atoms with Crippen LogP contribution < -0.4 is 5.73 Å². The Labute approximate surface area is 104 Å². The largest absolute Gasteiger partial charge is 0.325 e. The minimum Gasteiger partial charge on any atom is -0.325 e. The molecule has 0 aliphatic carbocycles. The van der Waals surface area contributed by atoms with Gasteiger partial charge in [0.15, 0.2) is 5.16 Å². The van der Waals surface area contributed by atoms with E-state index in [0.29, 0.717) is 11.7 Å². The molecule has 2 aromatic heterocycles. The molecule has 0 saturated heterocycles. The normalized spacial score (nSPS) is 10.5. The smallest absolute Gasteiger partial charge is 0.194 e. The van der Waals surface area contributed by atoms with Crippen LogP contribution in [-0.4, -0.2) is 19.9 Å². The van der Waals surface area contributed by atoms with Gasteiger partial charge in [-0.2, -0.15) is 0 Å². The van der Waals surface area contributed by atoms with E-state index in [1.165, 1.54) is 11.8 Å². The van der Waals surface area contributed by atoms with Crippen molar-refractivity contribution in [2.75, 3.05) is 0 Å². The zero-order chi connectivity index (χ0) is 12.3. The Balaban J connectivity index is 2.31. The van der Waals surface area contributed by atoms with Crippen LogP contribution in [0.3, 0.4) is 0 Å². The number of rotatable bonds is 3. The van der Waals surface area contributed by atoms with Gasteiger partial charge in [0.05, 0.1) is 5.69 Å². The van der Waals surface area contributed by atoms with E-state index in [1.807, 2.05) is 19.9 Å². The van der Waals surface area contributed by atoms with Crippen LogP contribution >= 0.6 is 11.8 Å². The molecule has 0 fully saturated rings. The zero-order valence-corrected chi connectivity index (χ0v) is 10.5. The van der Waals surface area contributed by atoms with Gasteiger partial charge in [0.2, 0.25) is 0 Å². The molecule has 0 radical (unpaired) electrons. The molecule has 6 heteroatoms. The first kappa shape index (κ1) is 11.9. The number of aromatic nitrogens is 4. The first-order valence-electron chi connectivity index (χ1n) is 5.19. The fourth-order valence-corrected chi connectivity index (χ4v) is 2.32. The molecule has 0 spiro atoms. The van der Waals surface area contributed by atoms with Crippen LogP contribution in [0.1, 0.15) is 17.1 Å². The predicted octanol–water partition coefficient (Wildman–Crippen LogP) is 1.49. The topological polar surface area (TPSA) is 77.6 Å². The molecular weight excluding hydrogens is 234 g/mol. The Kier molecular flexibility index (Phi) is 3.65. The highest BCUT2D eigenvalue weighted by atomic mass is 32.2. The summed E-state index contributed by atoms with van der Waals surface area (Å²) in [6.07, 6.45) is 3.28. The van der Waals surface area contributed by atoms with Crippen LogP contribution in [-0.2, 0) is 6.54 Å². The van der Waals surface area contributed by atoms with Crippen LogP contribution in [0.25, 0.3) is 0 Å². The van der Waals surface area contributed by atoms with Gasteiger partial charge >= 0.3 is 0 Å². The monoisotopic (exact) mass is 247 g/mol. The second kappa shape index (κ2) is 5.20. The lowest BCUT2D eigenvalue weighted by molar-refractivity contribution is 0.867. The Morgan fingerprint density at radius 3 is 2.41 bits per heavy atom. The summed E-state index contributed by atoms with van der Waals surface area (Å²) in [4.78, 5) is 17.1. The van der Waals surface area contributed by atoms with E-state index < -0.39 is 0 Å². The van der Waals surface area contributed by atoms with Crippen molar-refractivity contribution in [2.24, 2.45) is 5.73 Å². The Bertz CT molecular complexity index is 509. The molecule has 0 aliphatic heterocycles. The fourth-order valence-electron chi connectivity index (χ4n) is 1.41. The predicted molar refractivity (Wildman–Crippen MR) is 65.6 cm³/mol. The number of aryl methyl sites for hydroxylation is 2. The molecule has 2 aromatic rings. The minimum absolute atomic E-state index is 0.362. The van der Waals surface area contributed by atoms with E-state index >= 15 is 0 Å².